The number of fused-ring (bicyclic) bond motifs is 1. The first-order valence-electron chi connectivity index (χ1n) is 9.04. The third-order valence-corrected chi connectivity index (χ3v) is 4.62. The van der Waals surface area contributed by atoms with E-state index < -0.39 is 6.10 Å². The third kappa shape index (κ3) is 5.13. The summed E-state index contributed by atoms with van der Waals surface area (Å²) in [5.74, 6) is 1.17. The van der Waals surface area contributed by atoms with Crippen LogP contribution in [0, 0.1) is 0 Å². The Balaban J connectivity index is 1.52. The fourth-order valence-corrected chi connectivity index (χ4v) is 3.10. The van der Waals surface area contributed by atoms with E-state index in [0.29, 0.717) is 22.3 Å². The van der Waals surface area contributed by atoms with Crippen molar-refractivity contribution >= 4 is 28.4 Å². The quantitative estimate of drug-likeness (QED) is 0.558. The monoisotopic (exact) mass is 418 g/mol. The maximum absolute atomic E-state index is 12.3. The van der Waals surface area contributed by atoms with Crippen molar-refractivity contribution in [2.45, 2.75) is 12.6 Å². The van der Waals surface area contributed by atoms with Crippen LogP contribution in [0.25, 0.3) is 10.9 Å². The Kier molecular flexibility index (Phi) is 6.85. The second-order valence-corrected chi connectivity index (χ2v) is 6.84. The van der Waals surface area contributed by atoms with Crippen molar-refractivity contribution in [3.63, 3.8) is 0 Å². The Hall–Kier alpha value is -2.90. The van der Waals surface area contributed by atoms with Crippen molar-refractivity contribution < 1.29 is 24.1 Å². The van der Waals surface area contributed by atoms with Crippen LogP contribution in [0.2, 0.25) is 5.02 Å². The molecule has 1 heterocycles. The molecule has 0 aliphatic heterocycles. The molecule has 0 radical (unpaired) electrons. The number of rotatable bonds is 9. The standard InChI is InChI=1S/C21H23ClN2O5/c1-27-18-4-3-5-19(28-2)21(18)29-13-16(25)11-23-20(26)12-24-9-8-14-6-7-15(22)10-17(14)24/h3-10,16,25H,11-13H2,1-2H3,(H,23,26). The van der Waals surface area contributed by atoms with Crippen molar-refractivity contribution in [2.24, 2.45) is 0 Å². The van der Waals surface area contributed by atoms with Gasteiger partial charge in [0.25, 0.3) is 0 Å². The summed E-state index contributed by atoms with van der Waals surface area (Å²) < 4.78 is 18.0. The van der Waals surface area contributed by atoms with Gasteiger partial charge in [-0.05, 0) is 35.7 Å². The fraction of sp³-hybridized carbons (Fsp3) is 0.286. The van der Waals surface area contributed by atoms with Gasteiger partial charge in [-0.25, -0.2) is 0 Å². The molecule has 0 spiro atoms. The van der Waals surface area contributed by atoms with Gasteiger partial charge >= 0.3 is 0 Å². The molecule has 0 aliphatic carbocycles. The molecule has 7 nitrogen and oxygen atoms in total. The minimum Gasteiger partial charge on any atom is -0.493 e. The number of methoxy groups -OCH3 is 2. The first-order valence-corrected chi connectivity index (χ1v) is 9.42. The predicted molar refractivity (Wildman–Crippen MR) is 111 cm³/mol. The van der Waals surface area contributed by atoms with Gasteiger partial charge in [-0.2, -0.15) is 0 Å². The number of hydrogen-bond acceptors (Lipinski definition) is 5. The van der Waals surface area contributed by atoms with Gasteiger partial charge in [-0.3, -0.25) is 4.79 Å². The number of ether oxygens (including phenoxy) is 3. The Morgan fingerprint density at radius 1 is 1.17 bits per heavy atom. The molecule has 3 aromatic rings. The second-order valence-electron chi connectivity index (χ2n) is 6.41. The molecular formula is C21H23ClN2O5. The lowest BCUT2D eigenvalue weighted by atomic mass is 10.2. The van der Waals surface area contributed by atoms with E-state index in [4.69, 9.17) is 25.8 Å². The molecule has 0 bridgehead atoms. The molecule has 0 saturated heterocycles. The van der Waals surface area contributed by atoms with Crippen LogP contribution in [-0.2, 0) is 11.3 Å². The minimum atomic E-state index is -0.899. The van der Waals surface area contributed by atoms with E-state index >= 15 is 0 Å². The summed E-state index contributed by atoms with van der Waals surface area (Å²) in [6.45, 7) is 0.146. The summed E-state index contributed by atoms with van der Waals surface area (Å²) in [5.41, 5.74) is 0.875. The molecule has 1 atom stereocenters. The van der Waals surface area contributed by atoms with Crippen molar-refractivity contribution in [2.75, 3.05) is 27.4 Å². The number of nitrogens with one attached hydrogen (secondary N) is 1. The Morgan fingerprint density at radius 2 is 1.90 bits per heavy atom. The van der Waals surface area contributed by atoms with E-state index in [1.54, 1.807) is 28.8 Å². The number of nitrogens with zero attached hydrogens (tertiary/aromatic N) is 1. The van der Waals surface area contributed by atoms with E-state index in [2.05, 4.69) is 5.32 Å². The highest BCUT2D eigenvalue weighted by atomic mass is 35.5. The summed E-state index contributed by atoms with van der Waals surface area (Å²) in [5, 5.41) is 14.5. The number of carbonyl (C=O) groups is 1. The summed E-state index contributed by atoms with van der Waals surface area (Å²) in [7, 11) is 3.05. The van der Waals surface area contributed by atoms with Crippen LogP contribution in [0.15, 0.2) is 48.7 Å². The fourth-order valence-electron chi connectivity index (χ4n) is 2.94. The Bertz CT molecular complexity index is 966. The smallest absolute Gasteiger partial charge is 0.240 e. The minimum absolute atomic E-state index is 0.0287. The highest BCUT2D eigenvalue weighted by Gasteiger charge is 2.15. The van der Waals surface area contributed by atoms with Crippen LogP contribution < -0.4 is 19.5 Å². The van der Waals surface area contributed by atoms with E-state index in [1.165, 1.54) is 14.2 Å². The number of halogens is 1. The van der Waals surface area contributed by atoms with Crippen molar-refractivity contribution in [3.05, 3.63) is 53.7 Å². The molecule has 2 N–H and O–H groups in total. The molecule has 0 aliphatic rings. The summed E-state index contributed by atoms with van der Waals surface area (Å²) >= 11 is 6.04. The van der Waals surface area contributed by atoms with Crippen molar-refractivity contribution in [1.29, 1.82) is 0 Å². The number of amides is 1. The molecule has 8 heteroatoms. The third-order valence-electron chi connectivity index (χ3n) is 4.39. The zero-order valence-electron chi connectivity index (χ0n) is 16.2. The molecule has 154 valence electrons. The van der Waals surface area contributed by atoms with Gasteiger partial charge in [-0.15, -0.1) is 0 Å². The molecule has 0 saturated carbocycles. The number of benzene rings is 2. The zero-order valence-corrected chi connectivity index (χ0v) is 17.0. The molecule has 1 amide bonds. The lowest BCUT2D eigenvalue weighted by Gasteiger charge is -2.17. The molecule has 0 fully saturated rings. The van der Waals surface area contributed by atoms with Crippen LogP contribution in [0.5, 0.6) is 17.2 Å². The van der Waals surface area contributed by atoms with Crippen LogP contribution >= 0.6 is 11.6 Å². The summed E-state index contributed by atoms with van der Waals surface area (Å²) in [6.07, 6.45) is 0.929. The topological polar surface area (TPSA) is 82.0 Å². The van der Waals surface area contributed by atoms with E-state index in [0.717, 1.165) is 10.9 Å². The Labute approximate surface area is 173 Å². The molecule has 3 rings (SSSR count). The van der Waals surface area contributed by atoms with Gasteiger partial charge in [0.05, 0.1) is 14.2 Å². The average Bonchev–Trinajstić information content (AvgIpc) is 3.12. The molecule has 2 aromatic carbocycles. The number of aliphatic hydroxyl groups excluding tert-OH is 1. The van der Waals surface area contributed by atoms with Gasteiger partial charge in [0, 0.05) is 23.3 Å². The van der Waals surface area contributed by atoms with Gasteiger partial charge in [0.15, 0.2) is 11.5 Å². The molecule has 1 aromatic heterocycles. The summed E-state index contributed by atoms with van der Waals surface area (Å²) in [6, 6.07) is 12.7. The number of hydrogen-bond donors (Lipinski definition) is 2. The molecular weight excluding hydrogens is 396 g/mol. The first kappa shape index (κ1) is 20.8. The second kappa shape index (κ2) is 9.54. The summed E-state index contributed by atoms with van der Waals surface area (Å²) in [4.78, 5) is 12.3. The maximum atomic E-state index is 12.3. The van der Waals surface area contributed by atoms with Crippen LogP contribution in [0.1, 0.15) is 0 Å². The number of carbonyl (C=O) groups excluding carboxylic acids is 1. The van der Waals surface area contributed by atoms with Gasteiger partial charge in [-0.1, -0.05) is 23.7 Å². The highest BCUT2D eigenvalue weighted by molar-refractivity contribution is 6.31. The van der Waals surface area contributed by atoms with Gasteiger partial charge in [0.2, 0.25) is 11.7 Å². The van der Waals surface area contributed by atoms with Gasteiger partial charge < -0.3 is 29.2 Å². The average molecular weight is 419 g/mol. The normalized spacial score (nSPS) is 11.9. The Morgan fingerprint density at radius 3 is 2.59 bits per heavy atom. The van der Waals surface area contributed by atoms with E-state index in [9.17, 15) is 9.90 Å². The van der Waals surface area contributed by atoms with E-state index in [-0.39, 0.29) is 25.6 Å². The maximum Gasteiger partial charge on any atom is 0.240 e. The van der Waals surface area contributed by atoms with Crippen LogP contribution in [-0.4, -0.2) is 49.1 Å². The van der Waals surface area contributed by atoms with Crippen LogP contribution in [0.4, 0.5) is 0 Å². The lowest BCUT2D eigenvalue weighted by molar-refractivity contribution is -0.122. The van der Waals surface area contributed by atoms with Crippen molar-refractivity contribution in [1.82, 2.24) is 9.88 Å². The van der Waals surface area contributed by atoms with E-state index in [1.807, 2.05) is 24.4 Å². The van der Waals surface area contributed by atoms with Crippen LogP contribution in [0.3, 0.4) is 0 Å². The lowest BCUT2D eigenvalue weighted by Crippen LogP contribution is -2.36. The van der Waals surface area contributed by atoms with Gasteiger partial charge in [0.1, 0.15) is 19.3 Å². The SMILES string of the molecule is COc1cccc(OC)c1OCC(O)CNC(=O)Cn1ccc2ccc(Cl)cc21. The molecule has 1 unspecified atom stereocenters. The number of para-hydroxylation sites is 1. The highest BCUT2D eigenvalue weighted by Crippen LogP contribution is 2.36. The van der Waals surface area contributed by atoms with Crippen molar-refractivity contribution in [3.8, 4) is 17.2 Å². The number of aromatic nitrogens is 1. The molecule has 29 heavy (non-hydrogen) atoms. The zero-order chi connectivity index (χ0) is 20.8. The largest absolute Gasteiger partial charge is 0.493 e. The number of aliphatic hydroxyl groups is 1. The predicted octanol–water partition coefficient (Wildman–Crippen LogP) is 2.87. The first-order chi connectivity index (χ1) is 14.0.